The Morgan fingerprint density at radius 2 is 1.75 bits per heavy atom. The molecule has 418 valence electrons. The van der Waals surface area contributed by atoms with Crippen molar-refractivity contribution < 1.29 is 52.6 Å². The second-order valence-electron chi connectivity index (χ2n) is 19.7. The number of nitrogens with zero attached hydrogens (tertiary/aromatic N) is 6. The summed E-state index contributed by atoms with van der Waals surface area (Å²) in [5.74, 6) is -1.95. The van der Waals surface area contributed by atoms with Gasteiger partial charge in [0.15, 0.2) is 18.2 Å². The summed E-state index contributed by atoms with van der Waals surface area (Å²) in [6, 6.07) is 6.54. The Kier molecular flexibility index (Phi) is 19.7. The average molecular weight is 1090 g/mol. The van der Waals surface area contributed by atoms with Gasteiger partial charge in [-0.1, -0.05) is 38.2 Å². The highest BCUT2D eigenvalue weighted by Crippen LogP contribution is 2.28. The zero-order chi connectivity index (χ0) is 56.6. The molecule has 3 aliphatic heterocycles. The van der Waals surface area contributed by atoms with Gasteiger partial charge in [-0.05, 0) is 87.1 Å². The van der Waals surface area contributed by atoms with Crippen LogP contribution in [-0.2, 0) is 46.6 Å². The van der Waals surface area contributed by atoms with E-state index < -0.39 is 47.3 Å². The number of carbonyl (C=O) groups is 8. The smallest absolute Gasteiger partial charge is 0.410 e. The van der Waals surface area contributed by atoms with Gasteiger partial charge < -0.3 is 56.0 Å². The highest BCUT2D eigenvalue weighted by Gasteiger charge is 2.40. The van der Waals surface area contributed by atoms with Gasteiger partial charge in [-0.25, -0.2) is 19.6 Å². The van der Waals surface area contributed by atoms with E-state index in [0.29, 0.717) is 92.1 Å². The van der Waals surface area contributed by atoms with Gasteiger partial charge in [0.1, 0.15) is 23.9 Å². The van der Waals surface area contributed by atoms with Crippen LogP contribution in [0.1, 0.15) is 71.4 Å². The van der Waals surface area contributed by atoms with Crippen molar-refractivity contribution in [3.05, 3.63) is 112 Å². The number of methoxy groups -OCH3 is 1. The van der Waals surface area contributed by atoms with Crippen molar-refractivity contribution in [1.29, 1.82) is 0 Å². The summed E-state index contributed by atoms with van der Waals surface area (Å²) in [5, 5.41) is 13.5. The number of nitrogens with two attached hydrogens (primary N) is 1. The van der Waals surface area contributed by atoms with E-state index in [0.717, 1.165) is 4.90 Å². The minimum absolute atomic E-state index is 0.0529. The summed E-state index contributed by atoms with van der Waals surface area (Å²) in [5.41, 5.74) is 11.8. The van der Waals surface area contributed by atoms with Crippen molar-refractivity contribution >= 4 is 64.4 Å². The molecule has 2 atom stereocenters. The van der Waals surface area contributed by atoms with Crippen LogP contribution in [0.15, 0.2) is 101 Å². The van der Waals surface area contributed by atoms with Gasteiger partial charge in [-0.15, -0.1) is 0 Å². The molecular weight excluding hydrogens is 1020 g/mol. The molecule has 5 heterocycles. The fraction of sp³-hybridized carbons (Fsp3) is 0.436. The van der Waals surface area contributed by atoms with Crippen LogP contribution in [0.25, 0.3) is 11.0 Å². The fourth-order valence-corrected chi connectivity index (χ4v) is 9.01. The molecule has 4 aliphatic rings. The Morgan fingerprint density at radius 1 is 0.975 bits per heavy atom. The molecule has 1 aliphatic carbocycles. The lowest BCUT2D eigenvalue weighted by Crippen LogP contribution is -2.62. The topological polar surface area (TPSA) is 308 Å². The molecule has 7 N–H and O–H groups in total. The number of urea groups is 1. The molecule has 9 amide bonds. The highest BCUT2D eigenvalue weighted by atomic mass is 16.6. The van der Waals surface area contributed by atoms with Gasteiger partial charge in [0.2, 0.25) is 11.8 Å². The number of rotatable bonds is 25. The lowest BCUT2D eigenvalue weighted by atomic mass is 9.86. The number of pyridine rings is 1. The van der Waals surface area contributed by atoms with E-state index in [1.807, 2.05) is 6.07 Å². The molecule has 24 heteroatoms. The van der Waals surface area contributed by atoms with Crippen LogP contribution < -0.4 is 47.4 Å². The van der Waals surface area contributed by atoms with Crippen LogP contribution in [0, 0.1) is 5.92 Å². The number of carbonyl (C=O) groups excluding carboxylic acids is 8. The second-order valence-corrected chi connectivity index (χ2v) is 19.7. The third kappa shape index (κ3) is 15.7. The molecule has 0 spiro atoms. The van der Waals surface area contributed by atoms with E-state index in [1.165, 1.54) is 30.5 Å². The largest absolute Gasteiger partial charge is 0.497 e. The predicted molar refractivity (Wildman–Crippen MR) is 288 cm³/mol. The number of benzene rings is 1. The van der Waals surface area contributed by atoms with Crippen molar-refractivity contribution in [1.82, 2.24) is 50.5 Å². The van der Waals surface area contributed by atoms with E-state index in [4.69, 9.17) is 19.9 Å². The Bertz CT molecular complexity index is 3090. The van der Waals surface area contributed by atoms with Gasteiger partial charge in [-0.3, -0.25) is 43.4 Å². The third-order valence-electron chi connectivity index (χ3n) is 13.9. The lowest BCUT2D eigenvalue weighted by molar-refractivity contribution is -0.137. The normalized spacial score (nSPS) is 16.4. The molecule has 7 rings (SSSR count). The maximum absolute atomic E-state index is 14.1. The van der Waals surface area contributed by atoms with Crippen LogP contribution >= 0.6 is 0 Å². The van der Waals surface area contributed by atoms with Gasteiger partial charge in [0, 0.05) is 75.5 Å². The first kappa shape index (κ1) is 57.8. The number of amides is 9. The first-order chi connectivity index (χ1) is 37.9. The molecule has 0 bridgehead atoms. The summed E-state index contributed by atoms with van der Waals surface area (Å²) < 4.78 is 18.5. The lowest BCUT2D eigenvalue weighted by Gasteiger charge is -2.38. The van der Waals surface area contributed by atoms with Crippen molar-refractivity contribution in [2.24, 2.45) is 11.7 Å². The summed E-state index contributed by atoms with van der Waals surface area (Å²) in [6.07, 6.45) is 12.3. The van der Waals surface area contributed by atoms with Crippen LogP contribution in [0.3, 0.4) is 0 Å². The van der Waals surface area contributed by atoms with E-state index in [-0.39, 0.29) is 86.5 Å². The van der Waals surface area contributed by atoms with Crippen molar-refractivity contribution in [3.8, 4) is 11.5 Å². The summed E-state index contributed by atoms with van der Waals surface area (Å²) in [4.78, 5) is 129. The van der Waals surface area contributed by atoms with Crippen LogP contribution in [0.2, 0.25) is 0 Å². The van der Waals surface area contributed by atoms with E-state index in [1.54, 1.807) is 73.8 Å². The number of ether oxygens (including phenoxy) is 3. The molecule has 79 heavy (non-hydrogen) atoms. The Hall–Kier alpha value is -8.85. The van der Waals surface area contributed by atoms with Gasteiger partial charge in [0.25, 0.3) is 29.2 Å². The number of unbranched alkanes of at least 4 members (excludes halogenated alkanes) is 2. The number of allylic oxidation sites excluding steroid dienone is 1. The number of hydrogen-bond donors (Lipinski definition) is 6. The number of piperidine rings is 1. The Morgan fingerprint density at radius 3 is 2.46 bits per heavy atom. The number of nitrogens with one attached hydrogen (secondary N) is 5. The number of aromatic nitrogens is 3. The Labute approximate surface area is 455 Å². The zero-order valence-corrected chi connectivity index (χ0v) is 44.6. The zero-order valence-electron chi connectivity index (χ0n) is 44.6. The molecule has 1 aromatic carbocycles. The minimum atomic E-state index is -1.46. The average Bonchev–Trinajstić information content (AvgIpc) is 3.81. The first-order valence-electron chi connectivity index (χ1n) is 26.1. The summed E-state index contributed by atoms with van der Waals surface area (Å²) in [6.45, 7) is 7.38. The summed E-state index contributed by atoms with van der Waals surface area (Å²) in [7, 11) is 1.56. The summed E-state index contributed by atoms with van der Waals surface area (Å²) >= 11 is 0. The van der Waals surface area contributed by atoms with Gasteiger partial charge in [0.05, 0.1) is 42.3 Å². The maximum atomic E-state index is 14.1. The SMILES string of the molecule is COc1ccc2ncc(=O)n(CCN3CCC(N(Cc4ccc5c(n4)NC(=O)CO5)C(=O)OCC4=C=C=C(NC(=O)C(/C=C/CCNC(N)=O)NC(=O)C(C)(NC(=O)CCCCCN5C(=O)C=CC5=O)C(C)C)C=C4)CC3)c2c1. The number of likely N-dealkylation sites (tertiary alicyclic amines) is 1. The van der Waals surface area contributed by atoms with Crippen molar-refractivity contribution in [3.63, 3.8) is 0 Å². The van der Waals surface area contributed by atoms with Gasteiger partial charge in [-0.2, -0.15) is 0 Å². The third-order valence-corrected chi connectivity index (χ3v) is 13.9. The molecule has 0 saturated carbocycles. The van der Waals surface area contributed by atoms with E-state index in [9.17, 15) is 43.2 Å². The molecular formula is C55H66N12O12. The number of hydrogen-bond acceptors (Lipinski definition) is 15. The number of primary amides is 1. The number of fused-ring (bicyclic) bond motifs is 2. The number of anilines is 1. The molecule has 24 nitrogen and oxygen atoms in total. The molecule has 2 aromatic heterocycles. The quantitative estimate of drug-likeness (QED) is 0.0308. The molecule has 3 aromatic rings. The fourth-order valence-electron chi connectivity index (χ4n) is 9.01. The maximum Gasteiger partial charge on any atom is 0.410 e. The Balaban J connectivity index is 0.984. The monoisotopic (exact) mass is 1090 g/mol. The van der Waals surface area contributed by atoms with Gasteiger partial charge >= 0.3 is 12.1 Å². The number of imide groups is 1. The van der Waals surface area contributed by atoms with E-state index >= 15 is 0 Å². The predicted octanol–water partition coefficient (Wildman–Crippen LogP) is 2.60. The first-order valence-corrected chi connectivity index (χ1v) is 26.1. The second kappa shape index (κ2) is 27.0. The van der Waals surface area contributed by atoms with Crippen molar-refractivity contribution in [2.75, 3.05) is 58.4 Å². The van der Waals surface area contributed by atoms with Crippen LogP contribution in [-0.4, -0.2) is 147 Å². The van der Waals surface area contributed by atoms with Crippen LogP contribution in [0.4, 0.5) is 15.4 Å². The highest BCUT2D eigenvalue weighted by molar-refractivity contribution is 6.12. The molecule has 0 radical (unpaired) electrons. The molecule has 2 unspecified atom stereocenters. The molecule has 1 fully saturated rings. The van der Waals surface area contributed by atoms with Crippen LogP contribution in [0.5, 0.6) is 11.5 Å². The molecule has 1 saturated heterocycles. The standard InChI is InChI=1S/C55H66N12O12/c1-35(2)55(3,63-45(68)11-6-5-9-25-66-47(70)20-21-48(66)71)52(74)61-42(10-7-8-24-57-53(56)75)51(73)60-37-14-12-36(13-15-37)33-79-54(76)67(32-38-16-19-44-50(59-38)62-46(69)34-78-44)39-22-26-64(27-23-39)28-29-65-43-30-40(77-4)17-18-41(43)58-31-49(65)72/h7,10,12,14,16-21,30-31,35,39,42H,5-6,8-9,11,22-29,32-34H2,1-4H3,(H,60,73)(H,61,74)(H,63,68)(H3,56,57,75)(H,59,62,69)/b10-7+. The minimum Gasteiger partial charge on any atom is -0.497 e. The van der Waals surface area contributed by atoms with Crippen molar-refractivity contribution in [2.45, 2.75) is 96.4 Å². The van der Waals surface area contributed by atoms with E-state index in [2.05, 4.69) is 52.9 Å².